The van der Waals surface area contributed by atoms with Crippen molar-refractivity contribution >= 4 is 59.9 Å². The van der Waals surface area contributed by atoms with Gasteiger partial charge in [-0.2, -0.15) is 0 Å². The van der Waals surface area contributed by atoms with Gasteiger partial charge in [-0.3, -0.25) is 0 Å². The van der Waals surface area contributed by atoms with Crippen LogP contribution in [-0.2, 0) is 66.8 Å². The van der Waals surface area contributed by atoms with Gasteiger partial charge in [0.15, 0.2) is 23.0 Å². The fourth-order valence-electron chi connectivity index (χ4n) is 7.90. The van der Waals surface area contributed by atoms with Gasteiger partial charge in [0.05, 0.1) is 79.3 Å². The molecule has 0 bridgehead atoms. The van der Waals surface area contributed by atoms with Crippen LogP contribution < -0.4 is 37.9 Å². The Hall–Kier alpha value is -10.6. The summed E-state index contributed by atoms with van der Waals surface area (Å²) in [6.07, 6.45) is 17.9. The zero-order chi connectivity index (χ0) is 68.0. The molecule has 0 radical (unpaired) electrons. The van der Waals surface area contributed by atoms with Gasteiger partial charge in [0.2, 0.25) is 11.5 Å². The van der Waals surface area contributed by atoms with E-state index in [0.717, 1.165) is 47.6 Å². The molecule has 4 aromatic carbocycles. The molecule has 0 saturated heterocycles. The summed E-state index contributed by atoms with van der Waals surface area (Å²) in [7, 11) is 0. The van der Waals surface area contributed by atoms with Gasteiger partial charge < -0.3 is 66.3 Å². The van der Waals surface area contributed by atoms with Gasteiger partial charge in [0, 0.05) is 59.7 Å². The van der Waals surface area contributed by atoms with Crippen molar-refractivity contribution in [3.05, 3.63) is 172 Å². The van der Waals surface area contributed by atoms with Crippen LogP contribution in [0, 0.1) is 0 Å². The lowest BCUT2D eigenvalue weighted by molar-refractivity contribution is -0.138. The van der Waals surface area contributed by atoms with Crippen LogP contribution in [0.5, 0.6) is 46.0 Å². The van der Waals surface area contributed by atoms with E-state index in [0.29, 0.717) is 99.7 Å². The van der Waals surface area contributed by atoms with E-state index < -0.39 is 47.8 Å². The fraction of sp³-hybridized carbons (Fsp3) is 0.333. The number of ether oxygens (including phenoxy) is 14. The molecule has 4 aromatic rings. The van der Waals surface area contributed by atoms with Crippen molar-refractivity contribution in [3.63, 3.8) is 0 Å². The normalized spacial score (nSPS) is 10.6. The highest BCUT2D eigenvalue weighted by atomic mass is 16.6. The Balaban J connectivity index is 1.49. The number of rotatable bonds is 49. The topological polar surface area (TPSA) is 266 Å². The smallest absolute Gasteiger partial charge is 0.336 e. The predicted octanol–water partition coefficient (Wildman–Crippen LogP) is 11.9. The lowest BCUT2D eigenvalue weighted by atomic mass is 10.1. The zero-order valence-electron chi connectivity index (χ0n) is 52.9. The van der Waals surface area contributed by atoms with E-state index in [1.165, 1.54) is 24.3 Å². The first-order valence-electron chi connectivity index (χ1n) is 30.6. The summed E-state index contributed by atoms with van der Waals surface area (Å²) in [5.74, 6) is -2.39. The van der Waals surface area contributed by atoms with Crippen LogP contribution in [0.3, 0.4) is 0 Å². The fourth-order valence-corrected chi connectivity index (χ4v) is 7.90. The van der Waals surface area contributed by atoms with Crippen LogP contribution in [-0.4, -0.2) is 127 Å². The molecular weight excluding hydrogens is 1220 g/mol. The third-order valence-corrected chi connectivity index (χ3v) is 12.7. The van der Waals surface area contributed by atoms with Crippen LogP contribution in [0.2, 0.25) is 0 Å². The number of unbranched alkanes of at least 4 members (excludes halogenated alkanes) is 6. The quantitative estimate of drug-likeness (QED) is 0.0131. The highest BCUT2D eigenvalue weighted by molar-refractivity contribution is 5.91. The summed E-state index contributed by atoms with van der Waals surface area (Å²) in [5.41, 5.74) is 2.42. The first-order chi connectivity index (χ1) is 45.7. The molecule has 0 amide bonds. The second kappa shape index (κ2) is 45.6. The molecule has 0 saturated carbocycles. The van der Waals surface area contributed by atoms with E-state index in [1.807, 2.05) is 0 Å². The molecule has 0 unspecified atom stereocenters. The molecule has 502 valence electrons. The first kappa shape index (κ1) is 75.8. The van der Waals surface area contributed by atoms with E-state index in [9.17, 15) is 38.4 Å². The SMILES string of the molecule is C=CC(=O)OCCCCOc1ccc(/C=C/C(=O)Oc2ccc(-c3ccc(OC(=O)/C=C/c4ccc(OCCCCOC(=O)C=C)c(OCCCCOC(=O)C=C)c4OCCCCOC(=O)C=C)cc3)cc2)c(OCCCCOC(=O)C=C)c1OCCCCOC(=O)C=C. The monoisotopic (exact) mass is 1300 g/mol. The van der Waals surface area contributed by atoms with Gasteiger partial charge in [0.1, 0.15) is 11.5 Å². The molecule has 0 aliphatic rings. The van der Waals surface area contributed by atoms with Crippen LogP contribution in [0.15, 0.2) is 161 Å². The summed E-state index contributed by atoms with van der Waals surface area (Å²) in [6.45, 7) is 22.5. The molecule has 0 aliphatic carbocycles. The Morgan fingerprint density at radius 3 is 0.755 bits per heavy atom. The van der Waals surface area contributed by atoms with E-state index in [-0.39, 0.29) is 114 Å². The number of hydrogen-bond donors (Lipinski definition) is 0. The molecule has 0 spiro atoms. The lowest BCUT2D eigenvalue weighted by Crippen LogP contribution is -2.09. The Morgan fingerprint density at radius 2 is 0.500 bits per heavy atom. The minimum absolute atomic E-state index is 0.144. The van der Waals surface area contributed by atoms with Gasteiger partial charge in [-0.25, -0.2) is 38.4 Å². The minimum Gasteiger partial charge on any atom is -0.490 e. The zero-order valence-corrected chi connectivity index (χ0v) is 52.9. The Labute approximate surface area is 547 Å². The van der Waals surface area contributed by atoms with Crippen LogP contribution >= 0.6 is 0 Å². The highest BCUT2D eigenvalue weighted by Gasteiger charge is 2.21. The summed E-state index contributed by atoms with van der Waals surface area (Å²) in [5, 5.41) is 0. The third kappa shape index (κ3) is 30.4. The predicted molar refractivity (Wildman–Crippen MR) is 349 cm³/mol. The average molecular weight is 1300 g/mol. The first-order valence-corrected chi connectivity index (χ1v) is 30.6. The van der Waals surface area contributed by atoms with Gasteiger partial charge >= 0.3 is 47.8 Å². The molecule has 0 atom stereocenters. The molecule has 0 aromatic heterocycles. The summed E-state index contributed by atoms with van der Waals surface area (Å²) >= 11 is 0. The van der Waals surface area contributed by atoms with Gasteiger partial charge in [0.25, 0.3) is 0 Å². The van der Waals surface area contributed by atoms with Crippen molar-refractivity contribution in [1.82, 2.24) is 0 Å². The number of benzene rings is 4. The van der Waals surface area contributed by atoms with Crippen LogP contribution in [0.25, 0.3) is 23.3 Å². The molecule has 0 aliphatic heterocycles. The molecular formula is C72H82O22. The molecule has 0 heterocycles. The molecule has 22 nitrogen and oxygen atoms in total. The van der Waals surface area contributed by atoms with E-state index >= 15 is 0 Å². The average Bonchev–Trinajstić information content (AvgIpc) is 0.900. The number of carbonyl (C=O) groups is 8. The number of hydrogen-bond acceptors (Lipinski definition) is 22. The molecule has 0 N–H and O–H groups in total. The number of esters is 8. The van der Waals surface area contributed by atoms with Gasteiger partial charge in [-0.05, 0) is 149 Å². The Bertz CT molecular complexity index is 3000. The largest absolute Gasteiger partial charge is 0.490 e. The van der Waals surface area contributed by atoms with Crippen molar-refractivity contribution in [1.29, 1.82) is 0 Å². The summed E-state index contributed by atoms with van der Waals surface area (Å²) in [6, 6.07) is 20.3. The summed E-state index contributed by atoms with van der Waals surface area (Å²) in [4.78, 5) is 96.1. The van der Waals surface area contributed by atoms with Crippen molar-refractivity contribution in [2.75, 3.05) is 79.3 Å². The molecule has 4 rings (SSSR count). The van der Waals surface area contributed by atoms with Crippen LogP contribution in [0.4, 0.5) is 0 Å². The lowest BCUT2D eigenvalue weighted by Gasteiger charge is -2.19. The molecule has 22 heteroatoms. The Morgan fingerprint density at radius 1 is 0.266 bits per heavy atom. The van der Waals surface area contributed by atoms with E-state index in [2.05, 4.69) is 39.5 Å². The second-order valence-electron chi connectivity index (χ2n) is 19.7. The standard InChI is InChI=1S/C72H82O22/c1-7-61(73)83-43-15-13-41-81-59-37-29-55(69(89-49-21-17-45-85-63(75)9-3)71(59)91-51-23-19-47-87-65(77)11-5)31-39-67(79)93-57-33-25-53(26-34-57)54-27-35-58(36-28-54)94-68(80)40-32-56-30-38-60(82-42-14-16-44-84-62(74)8-2)72(92-52-24-20-48-88-66(78)12-6)70(56)90-50-22-18-46-86-64(76)10-4/h7-12,25-40H,1-6,13-24,41-52H2/b39-31+,40-32+. The summed E-state index contributed by atoms with van der Waals surface area (Å²) < 4.78 is 79.4. The maximum Gasteiger partial charge on any atom is 0.336 e. The van der Waals surface area contributed by atoms with Crippen LogP contribution in [0.1, 0.15) is 88.2 Å². The third-order valence-electron chi connectivity index (χ3n) is 12.7. The minimum atomic E-state index is -0.701. The van der Waals surface area contributed by atoms with Crippen molar-refractivity contribution in [2.45, 2.75) is 77.0 Å². The van der Waals surface area contributed by atoms with Crippen molar-refractivity contribution in [3.8, 4) is 57.1 Å². The van der Waals surface area contributed by atoms with E-state index in [4.69, 9.17) is 66.3 Å². The van der Waals surface area contributed by atoms with E-state index in [1.54, 1.807) is 72.8 Å². The highest BCUT2D eigenvalue weighted by Crippen LogP contribution is 2.43. The van der Waals surface area contributed by atoms with Gasteiger partial charge in [-0.1, -0.05) is 63.7 Å². The number of carbonyl (C=O) groups excluding carboxylic acids is 8. The second-order valence-corrected chi connectivity index (χ2v) is 19.7. The van der Waals surface area contributed by atoms with Crippen molar-refractivity contribution < 1.29 is 105 Å². The molecule has 0 fully saturated rings. The van der Waals surface area contributed by atoms with Gasteiger partial charge in [-0.15, -0.1) is 0 Å². The van der Waals surface area contributed by atoms with Crippen molar-refractivity contribution in [2.24, 2.45) is 0 Å². The molecule has 94 heavy (non-hydrogen) atoms. The maximum absolute atomic E-state index is 13.4. The Kier molecular flexibility index (Phi) is 36.8. The maximum atomic E-state index is 13.4.